The molecule has 19 heavy (non-hydrogen) atoms. The summed E-state index contributed by atoms with van der Waals surface area (Å²) >= 11 is 1.81. The monoisotopic (exact) mass is 268 g/mol. The van der Waals surface area contributed by atoms with Crippen LogP contribution in [0, 0.1) is 0 Å². The molecule has 1 heterocycles. The van der Waals surface area contributed by atoms with Gasteiger partial charge in [-0.25, -0.2) is 0 Å². The van der Waals surface area contributed by atoms with Crippen LogP contribution in [-0.4, -0.2) is 6.10 Å². The van der Waals surface area contributed by atoms with Crippen molar-refractivity contribution in [1.82, 2.24) is 0 Å². The fourth-order valence-electron chi connectivity index (χ4n) is 2.10. The molecule has 1 nitrogen and oxygen atoms in total. The highest BCUT2D eigenvalue weighted by Gasteiger charge is 2.06. The maximum Gasteiger partial charge on any atom is 0.121 e. The Hall–Kier alpha value is -1.80. The van der Waals surface area contributed by atoms with E-state index in [0.717, 1.165) is 5.75 Å². The van der Waals surface area contributed by atoms with E-state index in [-0.39, 0.29) is 6.10 Å². The minimum atomic E-state index is 0.214. The average molecular weight is 268 g/mol. The first-order valence-electron chi connectivity index (χ1n) is 6.48. The minimum absolute atomic E-state index is 0.214. The smallest absolute Gasteiger partial charge is 0.121 e. The van der Waals surface area contributed by atoms with Crippen LogP contribution in [0.5, 0.6) is 5.75 Å². The Labute approximate surface area is 117 Å². The van der Waals surface area contributed by atoms with E-state index in [1.165, 1.54) is 20.5 Å². The first-order valence-corrected chi connectivity index (χ1v) is 7.30. The van der Waals surface area contributed by atoms with Gasteiger partial charge in [-0.2, -0.15) is 0 Å². The molecule has 0 fully saturated rings. The van der Waals surface area contributed by atoms with Crippen LogP contribution in [0.1, 0.15) is 13.8 Å². The lowest BCUT2D eigenvalue weighted by Gasteiger charge is -2.08. The molecule has 2 heteroatoms. The zero-order chi connectivity index (χ0) is 13.2. The normalized spacial score (nSPS) is 11.1. The molecule has 96 valence electrons. The highest BCUT2D eigenvalue weighted by atomic mass is 32.1. The SMILES string of the molecule is CC(C)Oc1ccc2cc(-c3ccccc3)sc2c1. The van der Waals surface area contributed by atoms with Gasteiger partial charge in [0, 0.05) is 9.58 Å². The third-order valence-corrected chi connectivity index (χ3v) is 4.07. The molecule has 0 aliphatic heterocycles. The maximum absolute atomic E-state index is 5.74. The fraction of sp³-hybridized carbons (Fsp3) is 0.176. The average Bonchev–Trinajstić information content (AvgIpc) is 2.82. The van der Waals surface area contributed by atoms with Gasteiger partial charge in [0.2, 0.25) is 0 Å². The van der Waals surface area contributed by atoms with E-state index < -0.39 is 0 Å². The van der Waals surface area contributed by atoms with Gasteiger partial charge in [-0.1, -0.05) is 30.3 Å². The van der Waals surface area contributed by atoms with Crippen molar-refractivity contribution in [3.05, 3.63) is 54.6 Å². The summed E-state index contributed by atoms with van der Waals surface area (Å²) in [5.41, 5.74) is 1.27. The van der Waals surface area contributed by atoms with Crippen molar-refractivity contribution in [2.24, 2.45) is 0 Å². The minimum Gasteiger partial charge on any atom is -0.491 e. The second-order valence-electron chi connectivity index (χ2n) is 4.84. The standard InChI is InChI=1S/C17H16OS/c1-12(2)18-15-9-8-14-10-16(19-17(14)11-15)13-6-4-3-5-7-13/h3-12H,1-2H3. The van der Waals surface area contributed by atoms with Gasteiger partial charge >= 0.3 is 0 Å². The Morgan fingerprint density at radius 3 is 2.47 bits per heavy atom. The zero-order valence-electron chi connectivity index (χ0n) is 11.1. The third-order valence-electron chi connectivity index (χ3n) is 2.92. The molecule has 0 aliphatic rings. The van der Waals surface area contributed by atoms with Gasteiger partial charge in [0.1, 0.15) is 5.75 Å². The first kappa shape index (κ1) is 12.2. The highest BCUT2D eigenvalue weighted by Crippen LogP contribution is 2.35. The lowest BCUT2D eigenvalue weighted by molar-refractivity contribution is 0.243. The second kappa shape index (κ2) is 5.06. The largest absolute Gasteiger partial charge is 0.491 e. The van der Waals surface area contributed by atoms with Gasteiger partial charge in [0.25, 0.3) is 0 Å². The van der Waals surface area contributed by atoms with E-state index in [9.17, 15) is 0 Å². The zero-order valence-corrected chi connectivity index (χ0v) is 11.9. The second-order valence-corrected chi connectivity index (χ2v) is 5.93. The van der Waals surface area contributed by atoms with E-state index in [2.05, 4.69) is 42.5 Å². The number of thiophene rings is 1. The molecule has 0 unspecified atom stereocenters. The van der Waals surface area contributed by atoms with Gasteiger partial charge in [0.15, 0.2) is 0 Å². The van der Waals surface area contributed by atoms with Gasteiger partial charge in [-0.15, -0.1) is 11.3 Å². The molecule has 3 rings (SSSR count). The van der Waals surface area contributed by atoms with Crippen LogP contribution < -0.4 is 4.74 Å². The summed E-state index contributed by atoms with van der Waals surface area (Å²) in [5, 5.41) is 1.28. The van der Waals surface area contributed by atoms with E-state index >= 15 is 0 Å². The Morgan fingerprint density at radius 2 is 1.74 bits per heavy atom. The van der Waals surface area contributed by atoms with Gasteiger partial charge < -0.3 is 4.74 Å². The summed E-state index contributed by atoms with van der Waals surface area (Å²) in [6, 6.07) is 19.1. The van der Waals surface area contributed by atoms with E-state index in [1.54, 1.807) is 0 Å². The van der Waals surface area contributed by atoms with Crippen LogP contribution >= 0.6 is 11.3 Å². The highest BCUT2D eigenvalue weighted by molar-refractivity contribution is 7.22. The van der Waals surface area contributed by atoms with Crippen LogP contribution in [0.2, 0.25) is 0 Å². The van der Waals surface area contributed by atoms with Crippen LogP contribution in [0.3, 0.4) is 0 Å². The molecular formula is C17H16OS. The summed E-state index contributed by atoms with van der Waals surface area (Å²) in [5.74, 6) is 0.948. The lowest BCUT2D eigenvalue weighted by Crippen LogP contribution is -2.04. The molecule has 0 saturated heterocycles. The molecule has 0 amide bonds. The van der Waals surface area contributed by atoms with Gasteiger partial charge in [-0.05, 0) is 49.1 Å². The van der Waals surface area contributed by atoms with Crippen molar-refractivity contribution in [2.45, 2.75) is 20.0 Å². The number of ether oxygens (including phenoxy) is 1. The van der Waals surface area contributed by atoms with Crippen LogP contribution in [0.15, 0.2) is 54.6 Å². The summed E-state index contributed by atoms with van der Waals surface area (Å²) in [6.07, 6.45) is 0.214. The van der Waals surface area contributed by atoms with Crippen LogP contribution in [0.4, 0.5) is 0 Å². The molecule has 0 atom stereocenters. The van der Waals surface area contributed by atoms with Crippen molar-refractivity contribution in [1.29, 1.82) is 0 Å². The molecule has 1 aromatic heterocycles. The third kappa shape index (κ3) is 2.64. The Bertz CT molecular complexity index is 683. The first-order chi connectivity index (χ1) is 9.22. The Kier molecular flexibility index (Phi) is 3.26. The van der Waals surface area contributed by atoms with Crippen molar-refractivity contribution < 1.29 is 4.74 Å². The quantitative estimate of drug-likeness (QED) is 0.621. The molecule has 0 bridgehead atoms. The van der Waals surface area contributed by atoms with Crippen molar-refractivity contribution in [3.63, 3.8) is 0 Å². The predicted molar refractivity (Wildman–Crippen MR) is 83.0 cm³/mol. The van der Waals surface area contributed by atoms with E-state index in [0.29, 0.717) is 0 Å². The number of hydrogen-bond acceptors (Lipinski definition) is 2. The van der Waals surface area contributed by atoms with Crippen molar-refractivity contribution >= 4 is 21.4 Å². The molecule has 0 saturated carbocycles. The molecule has 0 N–H and O–H groups in total. The molecule has 0 aliphatic carbocycles. The van der Waals surface area contributed by atoms with E-state index in [4.69, 9.17) is 4.74 Å². The number of benzene rings is 2. The molecular weight excluding hydrogens is 252 g/mol. The molecule has 3 aromatic rings. The molecule has 0 radical (unpaired) electrons. The summed E-state index contributed by atoms with van der Waals surface area (Å²) < 4.78 is 7.02. The number of rotatable bonds is 3. The van der Waals surface area contributed by atoms with Gasteiger partial charge in [-0.3, -0.25) is 0 Å². The van der Waals surface area contributed by atoms with Crippen LogP contribution in [-0.2, 0) is 0 Å². The predicted octanol–water partition coefficient (Wildman–Crippen LogP) is 5.36. The fourth-order valence-corrected chi connectivity index (χ4v) is 3.20. The topological polar surface area (TPSA) is 9.23 Å². The summed E-state index contributed by atoms with van der Waals surface area (Å²) in [7, 11) is 0. The summed E-state index contributed by atoms with van der Waals surface area (Å²) in [6.45, 7) is 4.10. The molecule has 0 spiro atoms. The number of fused-ring (bicyclic) bond motifs is 1. The molecule has 2 aromatic carbocycles. The Morgan fingerprint density at radius 1 is 0.947 bits per heavy atom. The van der Waals surface area contributed by atoms with Crippen molar-refractivity contribution in [3.8, 4) is 16.2 Å². The van der Waals surface area contributed by atoms with Gasteiger partial charge in [0.05, 0.1) is 6.10 Å². The number of hydrogen-bond donors (Lipinski definition) is 0. The maximum atomic E-state index is 5.74. The Balaban J connectivity index is 2.01. The van der Waals surface area contributed by atoms with Crippen LogP contribution in [0.25, 0.3) is 20.5 Å². The van der Waals surface area contributed by atoms with E-state index in [1.807, 2.05) is 37.3 Å². The summed E-state index contributed by atoms with van der Waals surface area (Å²) in [4.78, 5) is 1.30. The van der Waals surface area contributed by atoms with Crippen molar-refractivity contribution in [2.75, 3.05) is 0 Å². The lowest BCUT2D eigenvalue weighted by atomic mass is 10.1.